The van der Waals surface area contributed by atoms with Crippen LogP contribution in [0.1, 0.15) is 39.2 Å². The maximum Gasteiger partial charge on any atom is 0.343 e. The summed E-state index contributed by atoms with van der Waals surface area (Å²) >= 11 is 6.09. The topological polar surface area (TPSA) is 87.7 Å². The molecule has 1 N–H and O–H groups in total. The molecule has 10 heteroatoms. The summed E-state index contributed by atoms with van der Waals surface area (Å²) in [5.74, 6) is 1.97. The van der Waals surface area contributed by atoms with Gasteiger partial charge < -0.3 is 38.6 Å². The molecule has 9 nitrogen and oxygen atoms in total. The van der Waals surface area contributed by atoms with Crippen LogP contribution in [-0.2, 0) is 11.2 Å². The first-order chi connectivity index (χ1) is 20.5. The van der Waals surface area contributed by atoms with Gasteiger partial charge in [-0.3, -0.25) is 0 Å². The Morgan fingerprint density at radius 3 is 2.60 bits per heavy atom. The van der Waals surface area contributed by atoms with Crippen LogP contribution in [-0.4, -0.2) is 50.6 Å². The molecule has 3 heterocycles. The normalized spacial score (nSPS) is 18.3. The highest BCUT2D eigenvalue weighted by atomic mass is 32.1. The lowest BCUT2D eigenvalue weighted by Gasteiger charge is -2.42. The minimum atomic E-state index is -0.729. The lowest BCUT2D eigenvalue weighted by atomic mass is 9.85. The zero-order chi connectivity index (χ0) is 29.0. The van der Waals surface area contributed by atoms with Gasteiger partial charge in [-0.1, -0.05) is 42.5 Å². The van der Waals surface area contributed by atoms with Crippen LogP contribution in [0.15, 0.2) is 60.7 Å². The number of ether oxygens (including phenoxy) is 6. The van der Waals surface area contributed by atoms with E-state index in [4.69, 9.17) is 40.6 Å². The van der Waals surface area contributed by atoms with Crippen molar-refractivity contribution in [1.29, 1.82) is 0 Å². The number of rotatable bonds is 5. The van der Waals surface area contributed by atoms with Crippen LogP contribution in [0.25, 0.3) is 10.8 Å². The van der Waals surface area contributed by atoms with Crippen molar-refractivity contribution in [1.82, 2.24) is 4.90 Å². The van der Waals surface area contributed by atoms with Crippen molar-refractivity contribution in [2.24, 2.45) is 0 Å². The Balaban J connectivity index is 1.38. The molecular weight excluding hydrogens is 556 g/mol. The van der Waals surface area contributed by atoms with Crippen LogP contribution in [0.5, 0.6) is 28.7 Å². The third kappa shape index (κ3) is 3.97. The summed E-state index contributed by atoms with van der Waals surface area (Å²) < 4.78 is 34.8. The number of fused-ring (bicyclic) bond motifs is 4. The molecule has 0 aromatic heterocycles. The molecule has 3 aliphatic rings. The largest absolute Gasteiger partial charge is 0.493 e. The third-order valence-corrected chi connectivity index (χ3v) is 8.44. The number of carbonyl (C=O) groups is 1. The molecule has 7 rings (SSSR count). The van der Waals surface area contributed by atoms with Crippen molar-refractivity contribution in [3.8, 4) is 28.7 Å². The predicted octanol–water partition coefficient (Wildman–Crippen LogP) is 5.80. The number of hydrogen-bond acceptors (Lipinski definition) is 8. The SMILES string of the molecule is COc1ccc2c(c1OC)C(=O)OC2C1c2c(cc3c(c2OC)OCO3)CCN1C(=S)Nc1cccc2ccccc12. The fourth-order valence-corrected chi connectivity index (χ4v) is 6.59. The number of methoxy groups -OCH3 is 3. The second-order valence-electron chi connectivity index (χ2n) is 10.2. The summed E-state index contributed by atoms with van der Waals surface area (Å²) in [6.45, 7) is 0.663. The highest BCUT2D eigenvalue weighted by molar-refractivity contribution is 7.80. The summed E-state index contributed by atoms with van der Waals surface area (Å²) in [6.07, 6.45) is -0.0665. The Kier molecular flexibility index (Phi) is 6.42. The highest BCUT2D eigenvalue weighted by Crippen LogP contribution is 2.55. The third-order valence-electron chi connectivity index (χ3n) is 8.10. The molecule has 0 aliphatic carbocycles. The number of nitrogens with zero attached hydrogens (tertiary/aromatic N) is 1. The van der Waals surface area contributed by atoms with Crippen molar-refractivity contribution in [2.75, 3.05) is 40.0 Å². The Morgan fingerprint density at radius 1 is 0.976 bits per heavy atom. The van der Waals surface area contributed by atoms with Crippen LogP contribution < -0.4 is 29.0 Å². The number of anilines is 1. The van der Waals surface area contributed by atoms with Crippen LogP contribution in [0, 0.1) is 0 Å². The molecule has 3 aliphatic heterocycles. The molecule has 4 aromatic carbocycles. The highest BCUT2D eigenvalue weighted by Gasteiger charge is 2.47. The molecule has 0 bridgehead atoms. The fraction of sp³-hybridized carbons (Fsp3) is 0.250. The summed E-state index contributed by atoms with van der Waals surface area (Å²) in [6, 6.07) is 19.3. The van der Waals surface area contributed by atoms with E-state index in [-0.39, 0.29) is 6.79 Å². The van der Waals surface area contributed by atoms with E-state index < -0.39 is 18.1 Å². The maximum absolute atomic E-state index is 13.4. The minimum Gasteiger partial charge on any atom is -0.493 e. The van der Waals surface area contributed by atoms with Gasteiger partial charge in [-0.05, 0) is 47.8 Å². The number of hydrogen-bond donors (Lipinski definition) is 1. The second kappa shape index (κ2) is 10.3. The van der Waals surface area contributed by atoms with Gasteiger partial charge in [0.15, 0.2) is 34.2 Å². The van der Waals surface area contributed by atoms with Crippen molar-refractivity contribution in [3.63, 3.8) is 0 Å². The molecule has 0 saturated carbocycles. The van der Waals surface area contributed by atoms with Gasteiger partial charge in [0.05, 0.1) is 21.3 Å². The minimum absolute atomic E-state index is 0.0995. The predicted molar refractivity (Wildman–Crippen MR) is 160 cm³/mol. The van der Waals surface area contributed by atoms with Gasteiger partial charge in [0.1, 0.15) is 11.6 Å². The molecule has 2 unspecified atom stereocenters. The van der Waals surface area contributed by atoms with E-state index >= 15 is 0 Å². The molecule has 214 valence electrons. The second-order valence-corrected chi connectivity index (χ2v) is 10.5. The molecule has 42 heavy (non-hydrogen) atoms. The summed E-state index contributed by atoms with van der Waals surface area (Å²) in [5.41, 5.74) is 3.73. The average Bonchev–Trinajstić information content (AvgIpc) is 3.63. The number of carbonyl (C=O) groups excluding carboxylic acids is 1. The lowest BCUT2D eigenvalue weighted by molar-refractivity contribution is 0.0164. The first-order valence-electron chi connectivity index (χ1n) is 13.5. The van der Waals surface area contributed by atoms with E-state index in [0.29, 0.717) is 58.0 Å². The molecule has 2 atom stereocenters. The van der Waals surface area contributed by atoms with Crippen LogP contribution in [0.3, 0.4) is 0 Å². The van der Waals surface area contributed by atoms with Gasteiger partial charge in [-0.25, -0.2) is 4.79 Å². The van der Waals surface area contributed by atoms with Gasteiger partial charge in [0.25, 0.3) is 0 Å². The molecule has 0 spiro atoms. The molecule has 0 amide bonds. The van der Waals surface area contributed by atoms with Crippen LogP contribution in [0.4, 0.5) is 5.69 Å². The van der Waals surface area contributed by atoms with Gasteiger partial charge in [0, 0.05) is 28.7 Å². The smallest absolute Gasteiger partial charge is 0.343 e. The fourth-order valence-electron chi connectivity index (χ4n) is 6.27. The number of esters is 1. The standard InChI is InChI=1S/C32H28N2O7S/c1-36-22-12-11-20-25(28(22)37-2)31(35)41-27(20)26-24-18(15-23-29(30(24)38-3)40-16-39-23)13-14-34(26)32(42)33-21-10-6-8-17-7-4-5-9-19(17)21/h4-12,15,26-27H,13-14,16H2,1-3H3,(H,33,42). The zero-order valence-corrected chi connectivity index (χ0v) is 24.1. The quantitative estimate of drug-likeness (QED) is 0.229. The van der Waals surface area contributed by atoms with Gasteiger partial charge >= 0.3 is 5.97 Å². The average molecular weight is 585 g/mol. The Morgan fingerprint density at radius 2 is 1.79 bits per heavy atom. The first-order valence-corrected chi connectivity index (χ1v) is 14.0. The number of cyclic esters (lactones) is 1. The summed E-state index contributed by atoms with van der Waals surface area (Å²) in [7, 11) is 4.64. The zero-order valence-electron chi connectivity index (χ0n) is 23.3. The monoisotopic (exact) mass is 584 g/mol. The van der Waals surface area contributed by atoms with E-state index in [1.54, 1.807) is 13.2 Å². The van der Waals surface area contributed by atoms with Crippen LogP contribution >= 0.6 is 12.2 Å². The maximum atomic E-state index is 13.4. The first kappa shape index (κ1) is 26.2. The van der Waals surface area contributed by atoms with Crippen molar-refractivity contribution in [3.05, 3.63) is 82.9 Å². The van der Waals surface area contributed by atoms with E-state index in [2.05, 4.69) is 28.4 Å². The Bertz CT molecular complexity index is 1750. The Labute approximate surface area is 247 Å². The van der Waals surface area contributed by atoms with Crippen LogP contribution in [0.2, 0.25) is 0 Å². The summed E-state index contributed by atoms with van der Waals surface area (Å²) in [4.78, 5) is 15.5. The number of thiocarbonyl (C=S) groups is 1. The molecule has 0 saturated heterocycles. The van der Waals surface area contributed by atoms with Crippen molar-refractivity contribution < 1.29 is 33.2 Å². The molecule has 0 fully saturated rings. The number of nitrogens with one attached hydrogen (secondary N) is 1. The molecule has 4 aromatic rings. The van der Waals surface area contributed by atoms with E-state index in [0.717, 1.165) is 27.6 Å². The van der Waals surface area contributed by atoms with E-state index in [1.807, 2.05) is 36.4 Å². The van der Waals surface area contributed by atoms with E-state index in [1.165, 1.54) is 14.2 Å². The van der Waals surface area contributed by atoms with E-state index in [9.17, 15) is 4.79 Å². The van der Waals surface area contributed by atoms with Gasteiger partial charge in [-0.2, -0.15) is 0 Å². The molecular formula is C32H28N2O7S. The van der Waals surface area contributed by atoms with Gasteiger partial charge in [0.2, 0.25) is 12.5 Å². The van der Waals surface area contributed by atoms with Crippen molar-refractivity contribution >= 4 is 39.8 Å². The lowest BCUT2D eigenvalue weighted by Crippen LogP contribution is -2.45. The summed E-state index contributed by atoms with van der Waals surface area (Å²) in [5, 5.41) is 6.12. The van der Waals surface area contributed by atoms with Crippen molar-refractivity contribution in [2.45, 2.75) is 18.6 Å². The Hall–Kier alpha value is -4.70. The number of benzene rings is 4. The van der Waals surface area contributed by atoms with Gasteiger partial charge in [-0.15, -0.1) is 0 Å². The molecule has 0 radical (unpaired) electrons.